The number of ether oxygens (including phenoxy) is 2. The van der Waals surface area contributed by atoms with Gasteiger partial charge in [0.2, 0.25) is 0 Å². The van der Waals surface area contributed by atoms with Crippen molar-refractivity contribution >= 4 is 22.6 Å². The van der Waals surface area contributed by atoms with Gasteiger partial charge < -0.3 is 14.4 Å². The van der Waals surface area contributed by atoms with Crippen LogP contribution in [0.3, 0.4) is 0 Å². The number of hydrogen-bond donors (Lipinski definition) is 0. The van der Waals surface area contributed by atoms with Crippen LogP contribution in [-0.2, 0) is 14.3 Å². The fourth-order valence-electron chi connectivity index (χ4n) is 2.83. The van der Waals surface area contributed by atoms with Gasteiger partial charge in [0.15, 0.2) is 6.04 Å². The lowest BCUT2D eigenvalue weighted by Gasteiger charge is -2.29. The molecule has 5 heteroatoms. The molecule has 0 aliphatic heterocycles. The summed E-state index contributed by atoms with van der Waals surface area (Å²) in [6.45, 7) is 6.69. The second-order valence-corrected chi connectivity index (χ2v) is 5.55. The zero-order valence-electron chi connectivity index (χ0n) is 15.0. The molecule has 0 aliphatic rings. The minimum atomic E-state index is -0.753. The monoisotopic (exact) mass is 343 g/mol. The molecule has 2 aromatic carbocycles. The number of likely N-dealkylation sites (N-methyl/N-ethyl adjacent to an activating group) is 1. The van der Waals surface area contributed by atoms with E-state index in [9.17, 15) is 9.59 Å². The molecule has 0 heterocycles. The Bertz CT molecular complexity index is 723. The van der Waals surface area contributed by atoms with Gasteiger partial charge in [0.25, 0.3) is 5.91 Å². The predicted molar refractivity (Wildman–Crippen MR) is 97.6 cm³/mol. The van der Waals surface area contributed by atoms with Crippen LogP contribution in [0.2, 0.25) is 0 Å². The fraction of sp³-hybridized carbons (Fsp3) is 0.400. The van der Waals surface area contributed by atoms with Crippen LogP contribution in [0, 0.1) is 0 Å². The second-order valence-electron chi connectivity index (χ2n) is 5.55. The summed E-state index contributed by atoms with van der Waals surface area (Å²) in [5.74, 6) is -0.636. The molecule has 25 heavy (non-hydrogen) atoms. The van der Waals surface area contributed by atoms with E-state index in [2.05, 4.69) is 0 Å². The quantitative estimate of drug-likeness (QED) is 0.690. The van der Waals surface area contributed by atoms with Gasteiger partial charge >= 0.3 is 5.97 Å². The molecule has 0 bridgehead atoms. The molecule has 0 fully saturated rings. The number of hydrogen-bond acceptors (Lipinski definition) is 4. The zero-order chi connectivity index (χ0) is 18.2. The highest BCUT2D eigenvalue weighted by Crippen LogP contribution is 2.21. The molecular weight excluding hydrogens is 318 g/mol. The molecule has 0 aliphatic carbocycles. The Hall–Kier alpha value is -2.40. The number of carbonyl (C=O) groups is 2. The van der Waals surface area contributed by atoms with E-state index in [1.54, 1.807) is 13.0 Å². The van der Waals surface area contributed by atoms with Gasteiger partial charge in [0.1, 0.15) is 0 Å². The molecule has 1 atom stereocenters. The number of rotatable bonds is 8. The molecule has 0 N–H and O–H groups in total. The maximum Gasteiger partial charge on any atom is 0.331 e. The number of benzene rings is 2. The summed E-state index contributed by atoms with van der Waals surface area (Å²) in [4.78, 5) is 27.0. The Labute approximate surface area is 148 Å². The lowest BCUT2D eigenvalue weighted by Crippen LogP contribution is -2.48. The van der Waals surface area contributed by atoms with Gasteiger partial charge in [0.05, 0.1) is 13.2 Å². The molecule has 2 rings (SSSR count). The summed E-state index contributed by atoms with van der Waals surface area (Å²) in [6.07, 6.45) is 0. The Morgan fingerprint density at radius 2 is 1.72 bits per heavy atom. The van der Waals surface area contributed by atoms with Crippen LogP contribution in [0.1, 0.15) is 31.1 Å². The second kappa shape index (κ2) is 9.18. The van der Waals surface area contributed by atoms with Crippen molar-refractivity contribution in [1.82, 2.24) is 4.90 Å². The Kier molecular flexibility index (Phi) is 6.95. The molecule has 134 valence electrons. The number of carbonyl (C=O) groups excluding carboxylic acids is 2. The lowest BCUT2D eigenvalue weighted by molar-refractivity contribution is -0.150. The molecule has 0 saturated heterocycles. The highest BCUT2D eigenvalue weighted by atomic mass is 16.5. The minimum absolute atomic E-state index is 0.125. The maximum absolute atomic E-state index is 13.2. The van der Waals surface area contributed by atoms with E-state index in [0.717, 1.165) is 10.8 Å². The number of esters is 1. The van der Waals surface area contributed by atoms with E-state index in [-0.39, 0.29) is 19.1 Å². The Morgan fingerprint density at radius 3 is 2.40 bits per heavy atom. The number of amides is 1. The first-order chi connectivity index (χ1) is 12.1. The predicted octanol–water partition coefficient (Wildman–Crippen LogP) is 3.27. The van der Waals surface area contributed by atoms with Crippen molar-refractivity contribution in [2.24, 2.45) is 0 Å². The molecule has 1 amide bonds. The molecule has 0 saturated carbocycles. The van der Waals surface area contributed by atoms with Crippen molar-refractivity contribution < 1.29 is 19.1 Å². The normalized spacial score (nSPS) is 12.0. The van der Waals surface area contributed by atoms with E-state index in [1.807, 2.05) is 50.2 Å². The summed E-state index contributed by atoms with van der Waals surface area (Å²) in [5.41, 5.74) is 0.575. The van der Waals surface area contributed by atoms with Crippen molar-refractivity contribution in [3.05, 3.63) is 48.0 Å². The molecule has 0 aromatic heterocycles. The van der Waals surface area contributed by atoms with Gasteiger partial charge in [-0.3, -0.25) is 4.79 Å². The minimum Gasteiger partial charge on any atom is -0.464 e. The first-order valence-electron chi connectivity index (χ1n) is 8.67. The summed E-state index contributed by atoms with van der Waals surface area (Å²) < 4.78 is 10.6. The topological polar surface area (TPSA) is 55.8 Å². The molecule has 0 spiro atoms. The summed E-state index contributed by atoms with van der Waals surface area (Å²) in [7, 11) is 0. The third-order valence-electron chi connectivity index (χ3n) is 4.04. The largest absolute Gasteiger partial charge is 0.464 e. The molecule has 0 radical (unpaired) electrons. The highest BCUT2D eigenvalue weighted by Gasteiger charge is 2.31. The van der Waals surface area contributed by atoms with Crippen LogP contribution in [0.4, 0.5) is 0 Å². The van der Waals surface area contributed by atoms with Crippen molar-refractivity contribution in [1.29, 1.82) is 0 Å². The highest BCUT2D eigenvalue weighted by molar-refractivity contribution is 6.08. The first-order valence-corrected chi connectivity index (χ1v) is 8.67. The molecule has 2 aromatic rings. The SMILES string of the molecule is CCOCC(C(=O)OCC)N(CC)C(=O)c1cccc2ccccc12. The van der Waals surface area contributed by atoms with E-state index in [0.29, 0.717) is 18.7 Å². The average Bonchev–Trinajstić information content (AvgIpc) is 2.64. The first kappa shape index (κ1) is 18.9. The number of nitrogens with zero attached hydrogens (tertiary/aromatic N) is 1. The van der Waals surface area contributed by atoms with Gasteiger partial charge in [-0.15, -0.1) is 0 Å². The van der Waals surface area contributed by atoms with Crippen LogP contribution in [0.25, 0.3) is 10.8 Å². The van der Waals surface area contributed by atoms with Crippen LogP contribution in [0.5, 0.6) is 0 Å². The third kappa shape index (κ3) is 4.37. The van der Waals surface area contributed by atoms with Crippen molar-refractivity contribution in [3.63, 3.8) is 0 Å². The van der Waals surface area contributed by atoms with E-state index < -0.39 is 12.0 Å². The fourth-order valence-corrected chi connectivity index (χ4v) is 2.83. The molecule has 1 unspecified atom stereocenters. The van der Waals surface area contributed by atoms with Crippen LogP contribution < -0.4 is 0 Å². The standard InChI is InChI=1S/C20H25NO4/c1-4-21(18(14-24-5-2)20(23)25-6-3)19(22)17-13-9-11-15-10-7-8-12-16(15)17/h7-13,18H,4-6,14H2,1-3H3. The summed E-state index contributed by atoms with van der Waals surface area (Å²) in [5, 5.41) is 1.86. The lowest BCUT2D eigenvalue weighted by atomic mass is 10.0. The van der Waals surface area contributed by atoms with Crippen molar-refractivity contribution in [2.45, 2.75) is 26.8 Å². The number of fused-ring (bicyclic) bond motifs is 1. The summed E-state index contributed by atoms with van der Waals surface area (Å²) in [6, 6.07) is 12.6. The smallest absolute Gasteiger partial charge is 0.331 e. The van der Waals surface area contributed by atoms with E-state index in [4.69, 9.17) is 9.47 Å². The van der Waals surface area contributed by atoms with Crippen LogP contribution in [0.15, 0.2) is 42.5 Å². The van der Waals surface area contributed by atoms with Crippen molar-refractivity contribution in [2.75, 3.05) is 26.4 Å². The molecule has 5 nitrogen and oxygen atoms in total. The molecular formula is C20H25NO4. The van der Waals surface area contributed by atoms with Crippen molar-refractivity contribution in [3.8, 4) is 0 Å². The van der Waals surface area contributed by atoms with Gasteiger partial charge in [-0.25, -0.2) is 4.79 Å². The Morgan fingerprint density at radius 1 is 1.00 bits per heavy atom. The average molecular weight is 343 g/mol. The third-order valence-corrected chi connectivity index (χ3v) is 4.04. The van der Waals surface area contributed by atoms with E-state index in [1.165, 1.54) is 4.90 Å². The van der Waals surface area contributed by atoms with Crippen LogP contribution in [-0.4, -0.2) is 49.2 Å². The van der Waals surface area contributed by atoms with Gasteiger partial charge in [0, 0.05) is 18.7 Å². The van der Waals surface area contributed by atoms with Gasteiger partial charge in [-0.1, -0.05) is 36.4 Å². The van der Waals surface area contributed by atoms with Gasteiger partial charge in [-0.2, -0.15) is 0 Å². The van der Waals surface area contributed by atoms with Gasteiger partial charge in [-0.05, 0) is 37.6 Å². The zero-order valence-corrected chi connectivity index (χ0v) is 15.0. The summed E-state index contributed by atoms with van der Waals surface area (Å²) >= 11 is 0. The Balaban J connectivity index is 2.38. The van der Waals surface area contributed by atoms with Crippen LogP contribution >= 0.6 is 0 Å². The maximum atomic E-state index is 13.2. The van der Waals surface area contributed by atoms with E-state index >= 15 is 0 Å².